The number of ether oxygens (including phenoxy) is 2. The fourth-order valence-corrected chi connectivity index (χ4v) is 4.63. The van der Waals surface area contributed by atoms with Crippen molar-refractivity contribution in [3.63, 3.8) is 0 Å². The number of aliphatic imine (C=N–C) groups is 1. The summed E-state index contributed by atoms with van der Waals surface area (Å²) in [7, 11) is 3.57. The lowest BCUT2D eigenvalue weighted by Crippen LogP contribution is -2.42. The molecule has 1 saturated carbocycles. The second-order valence-electron chi connectivity index (χ2n) is 8.21. The molecule has 158 valence electrons. The SMILES string of the molecule is CN=C(NCc1ccc(OC)cc1OC1CCCC1)N1CCC(N2CC=CC2)C1. The fraction of sp³-hybridized carbons (Fsp3) is 0.609. The van der Waals surface area contributed by atoms with Gasteiger partial charge in [0.2, 0.25) is 0 Å². The molecule has 1 aromatic rings. The lowest BCUT2D eigenvalue weighted by atomic mass is 10.2. The molecule has 1 aliphatic carbocycles. The molecule has 0 bridgehead atoms. The van der Waals surface area contributed by atoms with E-state index in [1.807, 2.05) is 19.2 Å². The van der Waals surface area contributed by atoms with Crippen LogP contribution in [0, 0.1) is 0 Å². The molecule has 0 amide bonds. The Bertz CT molecular complexity index is 734. The van der Waals surface area contributed by atoms with Crippen LogP contribution in [0.2, 0.25) is 0 Å². The molecule has 1 N–H and O–H groups in total. The highest BCUT2D eigenvalue weighted by atomic mass is 16.5. The molecule has 0 aromatic heterocycles. The zero-order chi connectivity index (χ0) is 20.1. The Hall–Kier alpha value is -2.21. The predicted molar refractivity (Wildman–Crippen MR) is 117 cm³/mol. The molecule has 2 fully saturated rings. The van der Waals surface area contributed by atoms with Crippen LogP contribution in [0.25, 0.3) is 0 Å². The van der Waals surface area contributed by atoms with Gasteiger partial charge in [0.05, 0.1) is 13.2 Å². The molecule has 4 rings (SSSR count). The van der Waals surface area contributed by atoms with Gasteiger partial charge < -0.3 is 19.7 Å². The Morgan fingerprint density at radius 1 is 1.17 bits per heavy atom. The highest BCUT2D eigenvalue weighted by Crippen LogP contribution is 2.30. The summed E-state index contributed by atoms with van der Waals surface area (Å²) in [6.07, 6.45) is 10.9. The molecule has 1 saturated heterocycles. The number of hydrogen-bond acceptors (Lipinski definition) is 4. The molecule has 2 heterocycles. The zero-order valence-corrected chi connectivity index (χ0v) is 17.8. The van der Waals surface area contributed by atoms with Gasteiger partial charge in [0.1, 0.15) is 11.5 Å². The monoisotopic (exact) mass is 398 g/mol. The number of likely N-dealkylation sites (tertiary alicyclic amines) is 1. The Morgan fingerprint density at radius 3 is 2.69 bits per heavy atom. The van der Waals surface area contributed by atoms with Gasteiger partial charge in [-0.1, -0.05) is 12.2 Å². The van der Waals surface area contributed by atoms with Crippen molar-refractivity contribution >= 4 is 5.96 Å². The van der Waals surface area contributed by atoms with Crippen molar-refractivity contribution in [1.82, 2.24) is 15.1 Å². The Morgan fingerprint density at radius 2 is 1.97 bits per heavy atom. The van der Waals surface area contributed by atoms with E-state index in [-0.39, 0.29) is 0 Å². The van der Waals surface area contributed by atoms with Crippen LogP contribution in [0.15, 0.2) is 35.3 Å². The van der Waals surface area contributed by atoms with Crippen LogP contribution in [-0.4, -0.2) is 68.2 Å². The first-order chi connectivity index (χ1) is 14.3. The van der Waals surface area contributed by atoms with Crippen LogP contribution in [0.3, 0.4) is 0 Å². The molecule has 6 nitrogen and oxygen atoms in total. The van der Waals surface area contributed by atoms with Crippen molar-refractivity contribution in [2.24, 2.45) is 4.99 Å². The summed E-state index contributed by atoms with van der Waals surface area (Å²) >= 11 is 0. The van der Waals surface area contributed by atoms with E-state index in [0.29, 0.717) is 18.7 Å². The first-order valence-electron chi connectivity index (χ1n) is 10.9. The van der Waals surface area contributed by atoms with E-state index in [1.165, 1.54) is 19.3 Å². The van der Waals surface area contributed by atoms with E-state index >= 15 is 0 Å². The minimum Gasteiger partial charge on any atom is -0.497 e. The highest BCUT2D eigenvalue weighted by molar-refractivity contribution is 5.80. The van der Waals surface area contributed by atoms with Crippen LogP contribution in [-0.2, 0) is 6.54 Å². The predicted octanol–water partition coefficient (Wildman–Crippen LogP) is 3.04. The largest absolute Gasteiger partial charge is 0.497 e. The summed E-state index contributed by atoms with van der Waals surface area (Å²) in [4.78, 5) is 9.47. The minimum atomic E-state index is 0.327. The number of benzene rings is 1. The zero-order valence-electron chi connectivity index (χ0n) is 17.8. The van der Waals surface area contributed by atoms with Gasteiger partial charge in [-0.2, -0.15) is 0 Å². The molecule has 6 heteroatoms. The molecule has 1 aromatic carbocycles. The third-order valence-corrected chi connectivity index (χ3v) is 6.34. The molecular weight excluding hydrogens is 364 g/mol. The maximum Gasteiger partial charge on any atom is 0.193 e. The topological polar surface area (TPSA) is 49.3 Å². The van der Waals surface area contributed by atoms with Crippen molar-refractivity contribution in [1.29, 1.82) is 0 Å². The average molecular weight is 399 g/mol. The Balaban J connectivity index is 1.38. The van der Waals surface area contributed by atoms with Crippen molar-refractivity contribution < 1.29 is 9.47 Å². The number of guanidine groups is 1. The molecule has 2 aliphatic heterocycles. The third-order valence-electron chi connectivity index (χ3n) is 6.34. The Labute approximate surface area is 174 Å². The van der Waals surface area contributed by atoms with Gasteiger partial charge in [-0.3, -0.25) is 9.89 Å². The summed E-state index contributed by atoms with van der Waals surface area (Å²) in [6.45, 7) is 4.95. The number of nitrogens with zero attached hydrogens (tertiary/aromatic N) is 3. The Kier molecular flexibility index (Phi) is 6.60. The molecule has 1 atom stereocenters. The maximum atomic E-state index is 6.34. The summed E-state index contributed by atoms with van der Waals surface area (Å²) < 4.78 is 11.8. The second-order valence-corrected chi connectivity index (χ2v) is 8.21. The molecule has 29 heavy (non-hydrogen) atoms. The quantitative estimate of drug-likeness (QED) is 0.453. The van der Waals surface area contributed by atoms with Crippen LogP contribution in [0.5, 0.6) is 11.5 Å². The van der Waals surface area contributed by atoms with Crippen LogP contribution >= 0.6 is 0 Å². The summed E-state index contributed by atoms with van der Waals surface area (Å²) in [6, 6.07) is 6.75. The van der Waals surface area contributed by atoms with Gasteiger partial charge >= 0.3 is 0 Å². The van der Waals surface area contributed by atoms with E-state index in [1.54, 1.807) is 7.11 Å². The van der Waals surface area contributed by atoms with Gasteiger partial charge in [-0.25, -0.2) is 0 Å². The molecule has 0 spiro atoms. The normalized spacial score (nSPS) is 23.2. The van der Waals surface area contributed by atoms with Gasteiger partial charge in [0.15, 0.2) is 5.96 Å². The van der Waals surface area contributed by atoms with Gasteiger partial charge in [0.25, 0.3) is 0 Å². The molecule has 3 aliphatic rings. The van der Waals surface area contributed by atoms with Crippen molar-refractivity contribution in [2.75, 3.05) is 40.3 Å². The summed E-state index contributed by atoms with van der Waals surface area (Å²) in [5, 5.41) is 3.56. The van der Waals surface area contributed by atoms with Crippen LogP contribution in [0.1, 0.15) is 37.7 Å². The summed E-state index contributed by atoms with van der Waals surface area (Å²) in [5.74, 6) is 2.75. The standard InChI is InChI=1S/C23H34N4O2/c1-24-23(27-14-11-19(17-27)26-12-5-6-13-26)25-16-18-9-10-21(28-2)15-22(18)29-20-7-3-4-8-20/h5-6,9-10,15,19-20H,3-4,7-8,11-14,16-17H2,1-2H3,(H,24,25). The molecule has 0 radical (unpaired) electrons. The summed E-state index contributed by atoms with van der Waals surface area (Å²) in [5.41, 5.74) is 1.15. The van der Waals surface area contributed by atoms with Gasteiger partial charge in [0, 0.05) is 57.4 Å². The maximum absolute atomic E-state index is 6.34. The smallest absolute Gasteiger partial charge is 0.193 e. The minimum absolute atomic E-state index is 0.327. The van der Waals surface area contributed by atoms with E-state index in [0.717, 1.165) is 62.0 Å². The lowest BCUT2D eigenvalue weighted by Gasteiger charge is -2.26. The van der Waals surface area contributed by atoms with Crippen molar-refractivity contribution in [2.45, 2.75) is 50.8 Å². The van der Waals surface area contributed by atoms with Crippen molar-refractivity contribution in [3.8, 4) is 11.5 Å². The fourth-order valence-electron chi connectivity index (χ4n) is 4.63. The number of hydrogen-bond donors (Lipinski definition) is 1. The number of nitrogens with one attached hydrogen (secondary N) is 1. The first kappa shape index (κ1) is 20.1. The average Bonchev–Trinajstić information content (AvgIpc) is 3.51. The van der Waals surface area contributed by atoms with Gasteiger partial charge in [-0.15, -0.1) is 0 Å². The van der Waals surface area contributed by atoms with E-state index in [4.69, 9.17) is 9.47 Å². The van der Waals surface area contributed by atoms with E-state index in [9.17, 15) is 0 Å². The number of rotatable bonds is 6. The van der Waals surface area contributed by atoms with Crippen LogP contribution < -0.4 is 14.8 Å². The van der Waals surface area contributed by atoms with E-state index in [2.05, 4.69) is 38.3 Å². The third kappa shape index (κ3) is 4.86. The van der Waals surface area contributed by atoms with Gasteiger partial charge in [-0.05, 0) is 44.2 Å². The molecular formula is C23H34N4O2. The lowest BCUT2D eigenvalue weighted by molar-refractivity contribution is 0.207. The van der Waals surface area contributed by atoms with Crippen molar-refractivity contribution in [3.05, 3.63) is 35.9 Å². The van der Waals surface area contributed by atoms with E-state index < -0.39 is 0 Å². The highest BCUT2D eigenvalue weighted by Gasteiger charge is 2.29. The molecule has 1 unspecified atom stereocenters. The number of methoxy groups -OCH3 is 1. The van der Waals surface area contributed by atoms with Crippen LogP contribution in [0.4, 0.5) is 0 Å². The second kappa shape index (κ2) is 9.53. The first-order valence-corrected chi connectivity index (χ1v) is 10.9.